The summed E-state index contributed by atoms with van der Waals surface area (Å²) >= 11 is 5.84. The summed E-state index contributed by atoms with van der Waals surface area (Å²) in [5, 5.41) is 12.6. The van der Waals surface area contributed by atoms with E-state index in [2.05, 4.69) is 11.9 Å². The Hall–Kier alpha value is -1.36. The Morgan fingerprint density at radius 2 is 2.05 bits per heavy atom. The van der Waals surface area contributed by atoms with Crippen LogP contribution in [0.5, 0.6) is 0 Å². The third-order valence-electron chi connectivity index (χ3n) is 2.93. The van der Waals surface area contributed by atoms with Crippen LogP contribution in [0.1, 0.15) is 12.5 Å². The second-order valence-corrected chi connectivity index (χ2v) is 4.82. The zero-order chi connectivity index (χ0) is 14.5. The molecule has 19 heavy (non-hydrogen) atoms. The lowest BCUT2D eigenvalue weighted by Gasteiger charge is -2.29. The fourth-order valence-electron chi connectivity index (χ4n) is 1.64. The zero-order valence-electron chi connectivity index (χ0n) is 11.1. The molecule has 104 valence electrons. The molecule has 1 unspecified atom stereocenters. The maximum absolute atomic E-state index is 12.0. The molecule has 0 amide bonds. The van der Waals surface area contributed by atoms with Gasteiger partial charge in [0.1, 0.15) is 5.54 Å². The van der Waals surface area contributed by atoms with Gasteiger partial charge in [-0.3, -0.25) is 5.32 Å². The number of benzene rings is 1. The van der Waals surface area contributed by atoms with Gasteiger partial charge in [-0.2, -0.15) is 0 Å². The van der Waals surface area contributed by atoms with E-state index >= 15 is 0 Å². The van der Waals surface area contributed by atoms with Gasteiger partial charge in [-0.15, -0.1) is 0 Å². The number of aliphatic hydroxyl groups is 1. The third kappa shape index (κ3) is 3.80. The van der Waals surface area contributed by atoms with Gasteiger partial charge < -0.3 is 9.84 Å². The molecule has 0 heterocycles. The number of rotatable bonds is 6. The minimum atomic E-state index is -1.02. The Balaban J connectivity index is 3.02. The van der Waals surface area contributed by atoms with E-state index in [-0.39, 0.29) is 6.61 Å². The van der Waals surface area contributed by atoms with Crippen molar-refractivity contribution in [2.45, 2.75) is 12.5 Å². The smallest absolute Gasteiger partial charge is 0.330 e. The summed E-state index contributed by atoms with van der Waals surface area (Å²) < 4.78 is 4.84. The summed E-state index contributed by atoms with van der Waals surface area (Å²) in [6.07, 6.45) is 0. The normalized spacial score (nSPS) is 13.7. The number of hydrogen-bond acceptors (Lipinski definition) is 4. The van der Waals surface area contributed by atoms with Crippen molar-refractivity contribution >= 4 is 17.6 Å². The van der Waals surface area contributed by atoms with Crippen LogP contribution in [0, 0.1) is 0 Å². The number of methoxy groups -OCH3 is 1. The molecule has 2 N–H and O–H groups in total. The van der Waals surface area contributed by atoms with Crippen molar-refractivity contribution in [3.63, 3.8) is 0 Å². The molecule has 0 saturated carbocycles. The maximum atomic E-state index is 12.0. The van der Waals surface area contributed by atoms with Gasteiger partial charge >= 0.3 is 5.97 Å². The first kappa shape index (κ1) is 15.7. The monoisotopic (exact) mass is 283 g/mol. The Labute approximate surface area is 118 Å². The van der Waals surface area contributed by atoms with Crippen LogP contribution in [0.4, 0.5) is 0 Å². The van der Waals surface area contributed by atoms with E-state index in [4.69, 9.17) is 21.4 Å². The minimum Gasteiger partial charge on any atom is -0.467 e. The summed E-state index contributed by atoms with van der Waals surface area (Å²) in [5.74, 6) is -0.416. The summed E-state index contributed by atoms with van der Waals surface area (Å²) in [4.78, 5) is 12.0. The molecule has 0 aromatic heterocycles. The molecule has 1 rings (SSSR count). The van der Waals surface area contributed by atoms with Crippen molar-refractivity contribution < 1.29 is 14.6 Å². The van der Waals surface area contributed by atoms with Gasteiger partial charge in [0, 0.05) is 11.6 Å². The average molecular weight is 284 g/mol. The number of esters is 1. The minimum absolute atomic E-state index is 0.134. The van der Waals surface area contributed by atoms with Gasteiger partial charge in [0.25, 0.3) is 0 Å². The second-order valence-electron chi connectivity index (χ2n) is 4.39. The van der Waals surface area contributed by atoms with Crippen LogP contribution in [0.15, 0.2) is 36.4 Å². The first-order valence-corrected chi connectivity index (χ1v) is 6.19. The number of carbonyl (C=O) groups is 1. The van der Waals surface area contributed by atoms with Crippen LogP contribution < -0.4 is 5.32 Å². The Bertz CT molecular complexity index is 458. The molecular formula is C14H18ClNO3. The fourth-order valence-corrected chi connectivity index (χ4v) is 1.76. The highest BCUT2D eigenvalue weighted by Crippen LogP contribution is 2.24. The largest absolute Gasteiger partial charge is 0.467 e. The molecular weight excluding hydrogens is 266 g/mol. The molecule has 0 bridgehead atoms. The quantitative estimate of drug-likeness (QED) is 0.618. The van der Waals surface area contributed by atoms with E-state index < -0.39 is 11.5 Å². The Morgan fingerprint density at radius 3 is 2.53 bits per heavy atom. The highest BCUT2D eigenvalue weighted by Gasteiger charge is 2.35. The maximum Gasteiger partial charge on any atom is 0.330 e. The van der Waals surface area contributed by atoms with E-state index in [0.29, 0.717) is 17.1 Å². The lowest BCUT2D eigenvalue weighted by atomic mass is 9.91. The Morgan fingerprint density at radius 1 is 1.47 bits per heavy atom. The molecule has 1 aromatic rings. The van der Waals surface area contributed by atoms with Crippen LogP contribution >= 0.6 is 11.6 Å². The molecule has 1 atom stereocenters. The van der Waals surface area contributed by atoms with Crippen LogP contribution in [0.2, 0.25) is 5.02 Å². The van der Waals surface area contributed by atoms with Crippen molar-refractivity contribution in [3.05, 3.63) is 47.0 Å². The van der Waals surface area contributed by atoms with E-state index in [0.717, 1.165) is 5.56 Å². The molecule has 0 aliphatic rings. The number of halogens is 1. The Kier molecular flexibility index (Phi) is 5.54. The van der Waals surface area contributed by atoms with Crippen molar-refractivity contribution in [3.8, 4) is 0 Å². The average Bonchev–Trinajstić information content (AvgIpc) is 2.44. The predicted molar refractivity (Wildman–Crippen MR) is 75.0 cm³/mol. The SMILES string of the molecule is C=C(CO)CNC(C)(C(=O)OC)c1ccc(Cl)cc1. The lowest BCUT2D eigenvalue weighted by Crippen LogP contribution is -2.48. The summed E-state index contributed by atoms with van der Waals surface area (Å²) in [6.45, 7) is 5.57. The highest BCUT2D eigenvalue weighted by atomic mass is 35.5. The first-order chi connectivity index (χ1) is 8.93. The molecule has 5 heteroatoms. The van der Waals surface area contributed by atoms with Gasteiger partial charge in [-0.1, -0.05) is 30.3 Å². The lowest BCUT2D eigenvalue weighted by molar-refractivity contribution is -0.148. The van der Waals surface area contributed by atoms with Gasteiger partial charge in [-0.25, -0.2) is 4.79 Å². The molecule has 0 spiro atoms. The predicted octanol–water partition coefficient (Wildman–Crippen LogP) is 1.87. The van der Waals surface area contributed by atoms with Crippen LogP contribution in [0.3, 0.4) is 0 Å². The molecule has 0 radical (unpaired) electrons. The van der Waals surface area contributed by atoms with Gasteiger partial charge in [0.05, 0.1) is 13.7 Å². The molecule has 0 saturated heterocycles. The fraction of sp³-hybridized carbons (Fsp3) is 0.357. The van der Waals surface area contributed by atoms with Crippen molar-refractivity contribution in [1.82, 2.24) is 5.32 Å². The zero-order valence-corrected chi connectivity index (χ0v) is 11.8. The summed E-state index contributed by atoms with van der Waals surface area (Å²) in [6, 6.07) is 6.93. The number of carbonyl (C=O) groups excluding carboxylic acids is 1. The van der Waals surface area contributed by atoms with Gasteiger partial charge in [0.15, 0.2) is 0 Å². The summed E-state index contributed by atoms with van der Waals surface area (Å²) in [5.41, 5.74) is 0.302. The molecule has 1 aromatic carbocycles. The second kappa shape index (κ2) is 6.70. The standard InChI is InChI=1S/C14H18ClNO3/c1-10(9-17)8-16-14(2,13(18)19-3)11-4-6-12(15)7-5-11/h4-7,16-17H,1,8-9H2,2-3H3. The molecule has 4 nitrogen and oxygen atoms in total. The van der Waals surface area contributed by atoms with Gasteiger partial charge in [0.2, 0.25) is 0 Å². The van der Waals surface area contributed by atoms with Crippen LogP contribution in [-0.4, -0.2) is 31.3 Å². The number of nitrogens with one attached hydrogen (secondary N) is 1. The number of aliphatic hydroxyl groups excluding tert-OH is 1. The van der Waals surface area contributed by atoms with Gasteiger partial charge in [-0.05, 0) is 30.2 Å². The topological polar surface area (TPSA) is 58.6 Å². The third-order valence-corrected chi connectivity index (χ3v) is 3.18. The molecule has 0 aliphatic heterocycles. The number of hydrogen-bond donors (Lipinski definition) is 2. The number of ether oxygens (including phenoxy) is 1. The summed E-state index contributed by atoms with van der Waals surface area (Å²) in [7, 11) is 1.33. The van der Waals surface area contributed by atoms with Crippen molar-refractivity contribution in [2.24, 2.45) is 0 Å². The van der Waals surface area contributed by atoms with E-state index in [1.54, 1.807) is 31.2 Å². The first-order valence-electron chi connectivity index (χ1n) is 5.81. The van der Waals surface area contributed by atoms with Crippen LogP contribution in [-0.2, 0) is 15.1 Å². The highest BCUT2D eigenvalue weighted by molar-refractivity contribution is 6.30. The van der Waals surface area contributed by atoms with E-state index in [1.165, 1.54) is 7.11 Å². The van der Waals surface area contributed by atoms with E-state index in [1.807, 2.05) is 0 Å². The van der Waals surface area contributed by atoms with Crippen molar-refractivity contribution in [2.75, 3.05) is 20.3 Å². The van der Waals surface area contributed by atoms with Crippen molar-refractivity contribution in [1.29, 1.82) is 0 Å². The molecule has 0 fully saturated rings. The van der Waals surface area contributed by atoms with Crippen LogP contribution in [0.25, 0.3) is 0 Å². The molecule has 0 aliphatic carbocycles. The van der Waals surface area contributed by atoms with E-state index in [9.17, 15) is 4.79 Å².